The van der Waals surface area contributed by atoms with Gasteiger partial charge in [0.25, 0.3) is 0 Å². The Balaban J connectivity index is 2.49. The van der Waals surface area contributed by atoms with Crippen LogP contribution in [0.3, 0.4) is 0 Å². The first-order valence-electron chi connectivity index (χ1n) is 6.60. The molecule has 22 heavy (non-hydrogen) atoms. The van der Waals surface area contributed by atoms with Crippen LogP contribution in [-0.2, 0) is 0 Å². The molecule has 1 heterocycles. The third-order valence-electron chi connectivity index (χ3n) is 3.48. The van der Waals surface area contributed by atoms with E-state index in [2.05, 4.69) is 17.5 Å². The summed E-state index contributed by atoms with van der Waals surface area (Å²) in [5.74, 6) is -0.445. The average molecular weight is 330 g/mol. The molecule has 0 saturated heterocycles. The number of nitrogens with one attached hydrogen (secondary N) is 1. The Bertz CT molecular complexity index is 736. The van der Waals surface area contributed by atoms with Crippen molar-refractivity contribution in [2.24, 2.45) is 5.92 Å². The van der Waals surface area contributed by atoms with Crippen LogP contribution in [0.1, 0.15) is 19.4 Å². The zero-order valence-corrected chi connectivity index (χ0v) is 13.6. The van der Waals surface area contributed by atoms with E-state index in [4.69, 9.17) is 23.2 Å². The van der Waals surface area contributed by atoms with Gasteiger partial charge in [0.15, 0.2) is 0 Å². The smallest absolute Gasteiger partial charge is 0.0975 e. The number of halogens is 2. The van der Waals surface area contributed by atoms with Gasteiger partial charge in [0.1, 0.15) is 0 Å². The molecule has 1 aromatic carbocycles. The zero-order valence-electron chi connectivity index (χ0n) is 12.1. The molecule has 0 spiro atoms. The van der Waals surface area contributed by atoms with E-state index in [1.54, 1.807) is 30.3 Å². The normalized spacial score (nSPS) is 16.2. The van der Waals surface area contributed by atoms with E-state index in [1.807, 2.05) is 13.8 Å². The SMILES string of the molecule is CC1=C(C#N)C(/C=C(\Cl)c2ccc(Cl)cc2)C(C#N)=C(C)N1. The van der Waals surface area contributed by atoms with Crippen LogP contribution in [0.4, 0.5) is 0 Å². The van der Waals surface area contributed by atoms with Crippen molar-refractivity contribution in [2.45, 2.75) is 13.8 Å². The van der Waals surface area contributed by atoms with Crippen molar-refractivity contribution in [3.8, 4) is 12.1 Å². The summed E-state index contributed by atoms with van der Waals surface area (Å²) in [5, 5.41) is 22.9. The predicted molar refractivity (Wildman–Crippen MR) is 88.5 cm³/mol. The molecule has 0 bridgehead atoms. The van der Waals surface area contributed by atoms with Crippen molar-refractivity contribution in [3.05, 3.63) is 63.5 Å². The number of nitriles is 2. The molecule has 0 fully saturated rings. The Hall–Kier alpha value is -2.20. The van der Waals surface area contributed by atoms with Gasteiger partial charge in [0.2, 0.25) is 0 Å². The van der Waals surface area contributed by atoms with Crippen LogP contribution in [0, 0.1) is 28.6 Å². The van der Waals surface area contributed by atoms with Crippen molar-refractivity contribution in [3.63, 3.8) is 0 Å². The second-order valence-corrected chi connectivity index (χ2v) is 5.77. The quantitative estimate of drug-likeness (QED) is 0.852. The molecular formula is C17H13Cl2N3. The van der Waals surface area contributed by atoms with Gasteiger partial charge in [-0.15, -0.1) is 0 Å². The molecule has 1 aliphatic heterocycles. The van der Waals surface area contributed by atoms with E-state index in [1.165, 1.54) is 0 Å². The summed E-state index contributed by atoms with van der Waals surface area (Å²) < 4.78 is 0. The lowest BCUT2D eigenvalue weighted by Crippen LogP contribution is -2.23. The Morgan fingerprint density at radius 2 is 1.59 bits per heavy atom. The van der Waals surface area contributed by atoms with E-state index < -0.39 is 5.92 Å². The third kappa shape index (κ3) is 3.17. The van der Waals surface area contributed by atoms with Gasteiger partial charge in [-0.05, 0) is 31.5 Å². The predicted octanol–water partition coefficient (Wildman–Crippen LogP) is 4.73. The number of nitrogens with zero attached hydrogens (tertiary/aromatic N) is 2. The van der Waals surface area contributed by atoms with Gasteiger partial charge in [-0.3, -0.25) is 0 Å². The number of rotatable bonds is 2. The van der Waals surface area contributed by atoms with E-state index in [-0.39, 0.29) is 0 Å². The van der Waals surface area contributed by atoms with Crippen LogP contribution in [0.2, 0.25) is 5.02 Å². The minimum atomic E-state index is -0.445. The van der Waals surface area contributed by atoms with Gasteiger partial charge in [0.05, 0.1) is 29.2 Å². The summed E-state index contributed by atoms with van der Waals surface area (Å²) >= 11 is 12.2. The largest absolute Gasteiger partial charge is 0.361 e. The van der Waals surface area contributed by atoms with E-state index in [0.29, 0.717) is 21.2 Å². The highest BCUT2D eigenvalue weighted by Gasteiger charge is 2.26. The van der Waals surface area contributed by atoms with Crippen molar-refractivity contribution in [1.82, 2.24) is 5.32 Å². The molecule has 0 atom stereocenters. The van der Waals surface area contributed by atoms with Gasteiger partial charge in [0, 0.05) is 21.4 Å². The molecule has 110 valence electrons. The number of hydrogen-bond acceptors (Lipinski definition) is 3. The molecule has 0 aromatic heterocycles. The molecule has 1 aliphatic rings. The first-order chi connectivity index (χ1) is 10.5. The second kappa shape index (κ2) is 6.71. The van der Waals surface area contributed by atoms with Crippen LogP contribution >= 0.6 is 23.2 Å². The number of benzene rings is 1. The van der Waals surface area contributed by atoms with Gasteiger partial charge in [-0.2, -0.15) is 10.5 Å². The summed E-state index contributed by atoms with van der Waals surface area (Å²) in [5.41, 5.74) is 3.25. The molecule has 3 nitrogen and oxygen atoms in total. The van der Waals surface area contributed by atoms with E-state index in [0.717, 1.165) is 17.0 Å². The highest BCUT2D eigenvalue weighted by molar-refractivity contribution is 6.48. The third-order valence-corrected chi connectivity index (χ3v) is 4.08. The molecule has 2 rings (SSSR count). The Labute approximate surface area is 139 Å². The molecule has 0 saturated carbocycles. The lowest BCUT2D eigenvalue weighted by molar-refractivity contribution is 0.799. The van der Waals surface area contributed by atoms with Crippen LogP contribution < -0.4 is 5.32 Å². The first-order valence-corrected chi connectivity index (χ1v) is 7.35. The maximum Gasteiger partial charge on any atom is 0.0975 e. The van der Waals surface area contributed by atoms with Gasteiger partial charge in [-0.25, -0.2) is 0 Å². The average Bonchev–Trinajstić information content (AvgIpc) is 2.48. The Kier molecular flexibility index (Phi) is 4.93. The fourth-order valence-electron chi connectivity index (χ4n) is 2.35. The lowest BCUT2D eigenvalue weighted by atomic mass is 9.86. The summed E-state index contributed by atoms with van der Waals surface area (Å²) in [6.45, 7) is 3.63. The molecule has 0 aliphatic carbocycles. The molecule has 0 amide bonds. The number of allylic oxidation sites excluding steroid dienone is 5. The highest BCUT2D eigenvalue weighted by atomic mass is 35.5. The molecule has 1 aromatic rings. The maximum atomic E-state index is 9.38. The fraction of sp³-hybridized carbons (Fsp3) is 0.176. The van der Waals surface area contributed by atoms with Crippen molar-refractivity contribution in [2.75, 3.05) is 0 Å². The maximum absolute atomic E-state index is 9.38. The highest BCUT2D eigenvalue weighted by Crippen LogP contribution is 2.33. The van der Waals surface area contributed by atoms with Crippen LogP contribution in [-0.4, -0.2) is 0 Å². The first kappa shape index (κ1) is 16.2. The fourth-order valence-corrected chi connectivity index (χ4v) is 2.73. The minimum Gasteiger partial charge on any atom is -0.361 e. The summed E-state index contributed by atoms with van der Waals surface area (Å²) in [6.07, 6.45) is 1.73. The topological polar surface area (TPSA) is 59.6 Å². The van der Waals surface area contributed by atoms with Gasteiger partial charge in [-0.1, -0.05) is 41.4 Å². The molecule has 0 radical (unpaired) electrons. The summed E-state index contributed by atoms with van der Waals surface area (Å²) in [7, 11) is 0. The zero-order chi connectivity index (χ0) is 16.3. The standard InChI is InChI=1S/C17H13Cl2N3/c1-10-15(8-20)14(16(9-21)11(2)22-10)7-17(19)12-3-5-13(18)6-4-12/h3-7,14,22H,1-2H3/b17-7-. The number of hydrogen-bond donors (Lipinski definition) is 1. The van der Waals surface area contributed by atoms with E-state index in [9.17, 15) is 10.5 Å². The van der Waals surface area contributed by atoms with Crippen molar-refractivity contribution < 1.29 is 0 Å². The molecule has 0 unspecified atom stereocenters. The molecule has 1 N–H and O–H groups in total. The summed E-state index contributed by atoms with van der Waals surface area (Å²) in [4.78, 5) is 0. The monoisotopic (exact) mass is 329 g/mol. The second-order valence-electron chi connectivity index (χ2n) is 4.93. The molecular weight excluding hydrogens is 317 g/mol. The van der Waals surface area contributed by atoms with Crippen LogP contribution in [0.15, 0.2) is 52.9 Å². The minimum absolute atomic E-state index is 0.445. The Morgan fingerprint density at radius 3 is 2.05 bits per heavy atom. The number of dihydropyridines is 1. The lowest BCUT2D eigenvalue weighted by Gasteiger charge is -2.24. The Morgan fingerprint density at radius 1 is 1.09 bits per heavy atom. The van der Waals surface area contributed by atoms with Crippen LogP contribution in [0.25, 0.3) is 5.03 Å². The van der Waals surface area contributed by atoms with Crippen molar-refractivity contribution >= 4 is 28.2 Å². The van der Waals surface area contributed by atoms with Crippen LogP contribution in [0.5, 0.6) is 0 Å². The van der Waals surface area contributed by atoms with E-state index >= 15 is 0 Å². The summed E-state index contributed by atoms with van der Waals surface area (Å²) in [6, 6.07) is 11.4. The van der Waals surface area contributed by atoms with Crippen molar-refractivity contribution in [1.29, 1.82) is 10.5 Å². The molecule has 5 heteroatoms. The van der Waals surface area contributed by atoms with Gasteiger partial charge >= 0.3 is 0 Å². The van der Waals surface area contributed by atoms with Gasteiger partial charge < -0.3 is 5.32 Å².